The van der Waals surface area contributed by atoms with Crippen LogP contribution in [0.3, 0.4) is 0 Å². The Morgan fingerprint density at radius 3 is 2.77 bits per heavy atom. The van der Waals surface area contributed by atoms with E-state index in [0.717, 1.165) is 12.1 Å². The maximum atomic E-state index is 13.5. The molecule has 0 heterocycles. The number of rotatable bonds is 3. The Labute approximate surface area is 86.5 Å². The lowest BCUT2D eigenvalue weighted by molar-refractivity contribution is 0.586. The summed E-state index contributed by atoms with van der Waals surface area (Å²) in [5.74, 6) is -0.152. The minimum atomic E-state index is -0.152. The zero-order valence-electron chi connectivity index (χ0n) is 7.82. The van der Waals surface area contributed by atoms with Crippen molar-refractivity contribution in [3.05, 3.63) is 33.5 Å². The molecule has 3 heteroatoms. The molecule has 0 saturated carbocycles. The number of nitrogens with one attached hydrogen (secondary N) is 1. The minimum absolute atomic E-state index is 0.152. The lowest BCUT2D eigenvalue weighted by atomic mass is 10.1. The van der Waals surface area contributed by atoms with Crippen LogP contribution in [0.25, 0.3) is 0 Å². The second-order valence-corrected chi connectivity index (χ2v) is 3.74. The average Bonchev–Trinajstić information content (AvgIpc) is 2.13. The smallest absolute Gasteiger partial charge is 0.142 e. The molecular formula is C10H13BrFN. The van der Waals surface area contributed by atoms with E-state index in [9.17, 15) is 4.39 Å². The Morgan fingerprint density at radius 1 is 1.46 bits per heavy atom. The summed E-state index contributed by atoms with van der Waals surface area (Å²) in [6.45, 7) is 5.32. The summed E-state index contributed by atoms with van der Waals surface area (Å²) in [5, 5.41) is 3.09. The SMILES string of the molecule is CCNCc1ccc(C)c(Br)c1F. The van der Waals surface area contributed by atoms with Gasteiger partial charge in [0.2, 0.25) is 0 Å². The topological polar surface area (TPSA) is 12.0 Å². The second kappa shape index (κ2) is 4.72. The van der Waals surface area contributed by atoms with Gasteiger partial charge in [-0.2, -0.15) is 0 Å². The Hall–Kier alpha value is -0.410. The maximum Gasteiger partial charge on any atom is 0.142 e. The van der Waals surface area contributed by atoms with Crippen LogP contribution in [0.15, 0.2) is 16.6 Å². The molecule has 1 rings (SSSR count). The summed E-state index contributed by atoms with van der Waals surface area (Å²) in [7, 11) is 0. The molecule has 1 aromatic rings. The van der Waals surface area contributed by atoms with Gasteiger partial charge in [-0.3, -0.25) is 0 Å². The van der Waals surface area contributed by atoms with E-state index < -0.39 is 0 Å². The van der Waals surface area contributed by atoms with E-state index in [2.05, 4.69) is 21.2 Å². The van der Waals surface area contributed by atoms with E-state index in [4.69, 9.17) is 0 Å². The third-order valence-corrected chi connectivity index (χ3v) is 2.89. The first-order chi connectivity index (χ1) is 6.16. The van der Waals surface area contributed by atoms with Crippen molar-refractivity contribution in [2.24, 2.45) is 0 Å². The van der Waals surface area contributed by atoms with E-state index >= 15 is 0 Å². The fourth-order valence-electron chi connectivity index (χ4n) is 1.08. The predicted octanol–water partition coefficient (Wildman–Crippen LogP) is 3.01. The van der Waals surface area contributed by atoms with Crippen molar-refractivity contribution in [2.75, 3.05) is 6.54 Å². The molecule has 0 aliphatic rings. The second-order valence-electron chi connectivity index (χ2n) is 2.95. The van der Waals surface area contributed by atoms with Gasteiger partial charge in [-0.05, 0) is 35.0 Å². The molecule has 0 saturated heterocycles. The standard InChI is InChI=1S/C10H13BrFN/c1-3-13-6-8-5-4-7(2)9(11)10(8)12/h4-5,13H,3,6H2,1-2H3. The van der Waals surface area contributed by atoms with Crippen LogP contribution >= 0.6 is 15.9 Å². The van der Waals surface area contributed by atoms with E-state index in [-0.39, 0.29) is 5.82 Å². The summed E-state index contributed by atoms with van der Waals surface area (Å²) < 4.78 is 14.1. The van der Waals surface area contributed by atoms with Crippen LogP contribution in [0.1, 0.15) is 18.1 Å². The van der Waals surface area contributed by atoms with E-state index in [1.165, 1.54) is 0 Å². The average molecular weight is 246 g/mol. The van der Waals surface area contributed by atoms with Crippen molar-refractivity contribution < 1.29 is 4.39 Å². The molecule has 1 aromatic carbocycles. The molecule has 0 spiro atoms. The number of halogens is 2. The highest BCUT2D eigenvalue weighted by molar-refractivity contribution is 9.10. The highest BCUT2D eigenvalue weighted by Gasteiger charge is 2.07. The normalized spacial score (nSPS) is 10.5. The number of benzene rings is 1. The number of hydrogen-bond donors (Lipinski definition) is 1. The fraction of sp³-hybridized carbons (Fsp3) is 0.400. The van der Waals surface area contributed by atoms with Gasteiger partial charge in [0, 0.05) is 12.1 Å². The molecule has 0 aliphatic carbocycles. The molecule has 0 amide bonds. The van der Waals surface area contributed by atoms with Crippen molar-refractivity contribution in [3.8, 4) is 0 Å². The maximum absolute atomic E-state index is 13.5. The van der Waals surface area contributed by atoms with E-state index in [1.807, 2.05) is 26.0 Å². The Morgan fingerprint density at radius 2 is 2.15 bits per heavy atom. The van der Waals surface area contributed by atoms with Gasteiger partial charge in [-0.1, -0.05) is 19.1 Å². The van der Waals surface area contributed by atoms with Crippen molar-refractivity contribution >= 4 is 15.9 Å². The Balaban J connectivity index is 2.90. The molecule has 0 aliphatic heterocycles. The first-order valence-corrected chi connectivity index (χ1v) is 5.10. The molecule has 0 aromatic heterocycles. The number of hydrogen-bond acceptors (Lipinski definition) is 1. The molecule has 0 atom stereocenters. The fourth-order valence-corrected chi connectivity index (χ4v) is 1.47. The monoisotopic (exact) mass is 245 g/mol. The van der Waals surface area contributed by atoms with Crippen LogP contribution in [0.4, 0.5) is 4.39 Å². The van der Waals surface area contributed by atoms with Crippen LogP contribution in [-0.4, -0.2) is 6.54 Å². The van der Waals surface area contributed by atoms with Gasteiger partial charge in [0.25, 0.3) is 0 Å². The quantitative estimate of drug-likeness (QED) is 0.864. The molecular weight excluding hydrogens is 233 g/mol. The molecule has 13 heavy (non-hydrogen) atoms. The van der Waals surface area contributed by atoms with Gasteiger partial charge in [0.1, 0.15) is 5.82 Å². The Bertz CT molecular complexity index is 299. The highest BCUT2D eigenvalue weighted by atomic mass is 79.9. The van der Waals surface area contributed by atoms with Crippen molar-refractivity contribution in [3.63, 3.8) is 0 Å². The zero-order chi connectivity index (χ0) is 9.84. The molecule has 1 N–H and O–H groups in total. The van der Waals surface area contributed by atoms with Crippen LogP contribution < -0.4 is 5.32 Å². The van der Waals surface area contributed by atoms with Crippen LogP contribution in [0.2, 0.25) is 0 Å². The van der Waals surface area contributed by atoms with Gasteiger partial charge >= 0.3 is 0 Å². The van der Waals surface area contributed by atoms with Gasteiger partial charge < -0.3 is 5.32 Å². The van der Waals surface area contributed by atoms with Crippen LogP contribution in [0.5, 0.6) is 0 Å². The summed E-state index contributed by atoms with van der Waals surface area (Å²) >= 11 is 3.22. The molecule has 0 radical (unpaired) electrons. The molecule has 0 unspecified atom stereocenters. The zero-order valence-corrected chi connectivity index (χ0v) is 9.41. The summed E-state index contributed by atoms with van der Waals surface area (Å²) in [6, 6.07) is 3.73. The number of aryl methyl sites for hydroxylation is 1. The lowest BCUT2D eigenvalue weighted by Crippen LogP contribution is -2.13. The van der Waals surface area contributed by atoms with Crippen molar-refractivity contribution in [2.45, 2.75) is 20.4 Å². The molecule has 0 bridgehead atoms. The summed E-state index contributed by atoms with van der Waals surface area (Å²) in [5.41, 5.74) is 1.64. The van der Waals surface area contributed by atoms with Crippen molar-refractivity contribution in [1.82, 2.24) is 5.32 Å². The molecule has 1 nitrogen and oxygen atoms in total. The predicted molar refractivity (Wildman–Crippen MR) is 56.2 cm³/mol. The molecule has 0 fully saturated rings. The van der Waals surface area contributed by atoms with Gasteiger partial charge in [-0.15, -0.1) is 0 Å². The summed E-state index contributed by atoms with van der Waals surface area (Å²) in [4.78, 5) is 0. The minimum Gasteiger partial charge on any atom is -0.313 e. The largest absolute Gasteiger partial charge is 0.313 e. The lowest BCUT2D eigenvalue weighted by Gasteiger charge is -2.06. The third-order valence-electron chi connectivity index (χ3n) is 1.92. The highest BCUT2D eigenvalue weighted by Crippen LogP contribution is 2.22. The Kier molecular flexibility index (Phi) is 3.88. The third kappa shape index (κ3) is 2.51. The molecule has 72 valence electrons. The van der Waals surface area contributed by atoms with Gasteiger partial charge in [-0.25, -0.2) is 4.39 Å². The van der Waals surface area contributed by atoms with Crippen LogP contribution in [0, 0.1) is 12.7 Å². The van der Waals surface area contributed by atoms with Gasteiger partial charge in [0.15, 0.2) is 0 Å². The van der Waals surface area contributed by atoms with E-state index in [0.29, 0.717) is 16.6 Å². The first kappa shape index (κ1) is 10.7. The van der Waals surface area contributed by atoms with Crippen molar-refractivity contribution in [1.29, 1.82) is 0 Å². The van der Waals surface area contributed by atoms with Gasteiger partial charge in [0.05, 0.1) is 4.47 Å². The van der Waals surface area contributed by atoms with Crippen LogP contribution in [-0.2, 0) is 6.54 Å². The first-order valence-electron chi connectivity index (χ1n) is 4.31. The van der Waals surface area contributed by atoms with E-state index in [1.54, 1.807) is 0 Å². The summed E-state index contributed by atoms with van der Waals surface area (Å²) in [6.07, 6.45) is 0.